The Morgan fingerprint density at radius 1 is 0.673 bits per heavy atom. The van der Waals surface area contributed by atoms with Gasteiger partial charge in [-0.3, -0.25) is 62.6 Å². The van der Waals surface area contributed by atoms with Crippen molar-refractivity contribution in [3.05, 3.63) is 108 Å². The third kappa shape index (κ3) is 24.3. The van der Waals surface area contributed by atoms with Gasteiger partial charge in [0.25, 0.3) is 0 Å². The minimum atomic E-state index is -1.81. The molecule has 98 heavy (non-hydrogen) atoms. The molecule has 2 aliphatic heterocycles. The molecule has 10 atom stereocenters. The van der Waals surface area contributed by atoms with Gasteiger partial charge in [-0.05, 0) is 118 Å². The molecular formula is C68H95N17O13. The molecule has 4 aromatic rings. The number of benzene rings is 2. The van der Waals surface area contributed by atoms with Gasteiger partial charge >= 0.3 is 0 Å². The maximum atomic E-state index is 15.0. The van der Waals surface area contributed by atoms with Crippen LogP contribution in [-0.2, 0) is 78.4 Å². The van der Waals surface area contributed by atoms with Crippen LogP contribution in [0.3, 0.4) is 0 Å². The second kappa shape index (κ2) is 38.7. The molecule has 530 valence electrons. The molecule has 4 heterocycles. The lowest BCUT2D eigenvalue weighted by atomic mass is 9.99. The van der Waals surface area contributed by atoms with E-state index < -0.39 is 126 Å². The molecule has 0 saturated carbocycles. The number of H-pyrrole nitrogens is 1. The highest BCUT2D eigenvalue weighted by molar-refractivity contribution is 5.99. The second-order valence-corrected chi connectivity index (χ2v) is 25.5. The Balaban J connectivity index is 1.27. The summed E-state index contributed by atoms with van der Waals surface area (Å²) in [6.07, 6.45) is 11.0. The van der Waals surface area contributed by atoms with Crippen LogP contribution in [0.4, 0.5) is 5.69 Å². The molecule has 30 heteroatoms. The Morgan fingerprint density at radius 3 is 1.78 bits per heavy atom. The molecule has 0 unspecified atom stereocenters. The number of hydrogen-bond donors (Lipinski definition) is 14. The highest BCUT2D eigenvalue weighted by atomic mass is 16.3. The van der Waals surface area contributed by atoms with Gasteiger partial charge in [0.05, 0.1) is 18.6 Å². The lowest BCUT2D eigenvalue weighted by Gasteiger charge is -2.31. The number of hydrogen-bond acceptors (Lipinski definition) is 18. The first-order valence-corrected chi connectivity index (χ1v) is 33.4. The van der Waals surface area contributed by atoms with Crippen LogP contribution in [0.15, 0.2) is 85.6 Å². The largest absolute Gasteiger partial charge is 0.508 e. The summed E-state index contributed by atoms with van der Waals surface area (Å²) in [5.41, 5.74) is 7.78. The molecule has 0 radical (unpaired) electrons. The topological polar surface area (TPSA) is 446 Å². The van der Waals surface area contributed by atoms with Crippen molar-refractivity contribution in [2.75, 3.05) is 31.1 Å². The van der Waals surface area contributed by atoms with Crippen LogP contribution in [0.25, 0.3) is 0 Å². The summed E-state index contributed by atoms with van der Waals surface area (Å²) in [6, 6.07) is 2.63. The van der Waals surface area contributed by atoms with Crippen molar-refractivity contribution >= 4 is 70.7 Å². The SMILES string of the molecule is CCCCN(C#N)c1ccc(C[C@H](NC(=O)[C@H](Cc2cnc[nH]2)NC(=O)[C@@H]2CCC(=O)N2)C(=O)N[C@@H](CO)C(=O)N[C@@H](Cc2ccc(O)cc2)C(=O)N[C@H](Cc2cccnc2)C(=O)N[C@@H](CC(C)C)C(=O)N[C@@H](CCCCNC(C)C)C(=O)N2CCC[C@H]2C(=O)N[C@H](C)C(N)=O)cc1. The normalized spacial score (nSPS) is 16.7. The van der Waals surface area contributed by atoms with Gasteiger partial charge in [0, 0.05) is 75.5 Å². The number of phenols is 1. The van der Waals surface area contributed by atoms with E-state index in [2.05, 4.69) is 74.3 Å². The number of aliphatic hydroxyl groups is 1. The van der Waals surface area contributed by atoms with Crippen LogP contribution in [0, 0.1) is 17.4 Å². The van der Waals surface area contributed by atoms with E-state index in [1.165, 1.54) is 65.9 Å². The second-order valence-electron chi connectivity index (χ2n) is 25.5. The summed E-state index contributed by atoms with van der Waals surface area (Å²) in [5.74, 6) is -8.68. The molecule has 0 bridgehead atoms. The van der Waals surface area contributed by atoms with E-state index >= 15 is 0 Å². The Hall–Kier alpha value is -10.0. The molecule has 2 aliphatic rings. The van der Waals surface area contributed by atoms with Crippen LogP contribution in [0.2, 0.25) is 0 Å². The molecule has 2 fully saturated rings. The van der Waals surface area contributed by atoms with E-state index in [0.717, 1.165) is 12.8 Å². The molecular weight excluding hydrogens is 1260 g/mol. The van der Waals surface area contributed by atoms with Crippen molar-refractivity contribution in [1.82, 2.24) is 73.0 Å². The number of primary amides is 1. The third-order valence-electron chi connectivity index (χ3n) is 16.8. The Morgan fingerprint density at radius 2 is 1.24 bits per heavy atom. The van der Waals surface area contributed by atoms with Gasteiger partial charge < -0.3 is 79.0 Å². The Bertz CT molecular complexity index is 3370. The zero-order valence-corrected chi connectivity index (χ0v) is 56.4. The molecule has 0 aliphatic carbocycles. The van der Waals surface area contributed by atoms with Crippen molar-refractivity contribution in [2.24, 2.45) is 11.7 Å². The summed E-state index contributed by atoms with van der Waals surface area (Å²) < 4.78 is 0. The molecule has 6 rings (SSSR count). The van der Waals surface area contributed by atoms with Gasteiger partial charge in [0.2, 0.25) is 65.0 Å². The fourth-order valence-electron chi connectivity index (χ4n) is 11.3. The predicted octanol–water partition coefficient (Wildman–Crippen LogP) is -0.272. The number of nitrogens with zero attached hydrogens (tertiary/aromatic N) is 5. The summed E-state index contributed by atoms with van der Waals surface area (Å²) in [5, 5.41) is 58.4. The third-order valence-corrected chi connectivity index (χ3v) is 16.8. The van der Waals surface area contributed by atoms with E-state index in [4.69, 9.17) is 5.73 Å². The van der Waals surface area contributed by atoms with Gasteiger partial charge in [-0.15, -0.1) is 0 Å². The summed E-state index contributed by atoms with van der Waals surface area (Å²) >= 11 is 0. The zero-order valence-electron chi connectivity index (χ0n) is 56.4. The Kier molecular flexibility index (Phi) is 30.4. The van der Waals surface area contributed by atoms with Crippen molar-refractivity contribution in [2.45, 2.75) is 198 Å². The first kappa shape index (κ1) is 77.0. The van der Waals surface area contributed by atoms with E-state index in [0.29, 0.717) is 66.8 Å². The lowest BCUT2D eigenvalue weighted by Crippen LogP contribution is -2.61. The fourth-order valence-corrected chi connectivity index (χ4v) is 11.3. The van der Waals surface area contributed by atoms with E-state index in [-0.39, 0.29) is 81.5 Å². The highest BCUT2D eigenvalue weighted by Gasteiger charge is 2.41. The van der Waals surface area contributed by atoms with Crippen molar-refractivity contribution in [3.63, 3.8) is 0 Å². The maximum Gasteiger partial charge on any atom is 0.245 e. The van der Waals surface area contributed by atoms with E-state index in [9.17, 15) is 68.2 Å². The number of aromatic hydroxyl groups is 1. The summed E-state index contributed by atoms with van der Waals surface area (Å²) in [6.45, 7) is 11.3. The summed E-state index contributed by atoms with van der Waals surface area (Å²) in [7, 11) is 0. The number of carbonyl (C=O) groups is 11. The number of imidazole rings is 1. The molecule has 11 amide bonds. The van der Waals surface area contributed by atoms with E-state index in [1.807, 2.05) is 34.6 Å². The van der Waals surface area contributed by atoms with E-state index in [1.54, 1.807) is 36.4 Å². The monoisotopic (exact) mass is 1360 g/mol. The number of unbranched alkanes of at least 4 members (excludes halogenated alkanes) is 2. The number of likely N-dealkylation sites (tertiary alicyclic amines) is 1. The number of aliphatic hydroxyl groups excluding tert-OH is 1. The van der Waals surface area contributed by atoms with Crippen LogP contribution in [0.5, 0.6) is 5.75 Å². The van der Waals surface area contributed by atoms with Crippen LogP contribution >= 0.6 is 0 Å². The van der Waals surface area contributed by atoms with Gasteiger partial charge in [-0.1, -0.05) is 71.4 Å². The average molecular weight is 1360 g/mol. The smallest absolute Gasteiger partial charge is 0.245 e. The molecule has 15 N–H and O–H groups in total. The number of rotatable bonds is 39. The number of anilines is 1. The van der Waals surface area contributed by atoms with Gasteiger partial charge in [0.15, 0.2) is 6.19 Å². The zero-order chi connectivity index (χ0) is 71.4. The van der Waals surface area contributed by atoms with Crippen molar-refractivity contribution < 1.29 is 63.0 Å². The number of nitrogens with two attached hydrogens (primary N) is 1. The average Bonchev–Trinajstić information content (AvgIpc) is 1.58. The molecule has 0 spiro atoms. The number of aromatic nitrogens is 3. The number of nitriles is 1. The van der Waals surface area contributed by atoms with Crippen LogP contribution in [0.1, 0.15) is 128 Å². The predicted molar refractivity (Wildman–Crippen MR) is 360 cm³/mol. The summed E-state index contributed by atoms with van der Waals surface area (Å²) in [4.78, 5) is 168. The highest BCUT2D eigenvalue weighted by Crippen LogP contribution is 2.22. The lowest BCUT2D eigenvalue weighted by molar-refractivity contribution is -0.142. The number of phenolic OH excluding ortho intramolecular Hbond substituents is 1. The van der Waals surface area contributed by atoms with Gasteiger partial charge in [-0.25, -0.2) is 4.98 Å². The standard InChI is InChI=1S/C68H95N17O13/c1-7-8-28-84(38-69)47-20-16-43(17-21-47)31-53(79-65(95)55(34-46-36-72-39-74-46)82-60(90)49-24-25-58(88)76-49)64(94)83-56(37-86)66(96)81-52(32-44-18-22-48(87)23-19-44)62(92)80-54(33-45-13-11-26-71-35-45)63(93)78-51(30-40(2)3)61(91)77-50(14-9-10-27-73-41(4)5)68(98)85-29-12-15-57(85)67(97)75-42(6)59(70)89/h11,13,16-23,26,35-36,39-42,49-57,73,86-87H,7-10,12,14-15,24-25,27-34,37H2,1-6H3,(H2,70,89)(H,72,74)(H,75,97)(H,76,88)(H,77,91)(H,78,93)(H,79,95)(H,80,92)(H,81,96)(H,82,90)(H,83,94)/t42-,49+,50+,51+,52+,53+,54-,55+,56+,57+/m1/s1. The molecule has 2 aromatic carbocycles. The van der Waals surface area contributed by atoms with Crippen LogP contribution < -0.4 is 63.8 Å². The van der Waals surface area contributed by atoms with Crippen molar-refractivity contribution in [3.8, 4) is 11.9 Å². The molecule has 2 aromatic heterocycles. The molecule has 2 saturated heterocycles. The minimum Gasteiger partial charge on any atom is -0.508 e. The number of amides is 11. The molecule has 30 nitrogen and oxygen atoms in total. The Labute approximate surface area is 570 Å². The first-order chi connectivity index (χ1) is 46.9. The first-order valence-electron chi connectivity index (χ1n) is 33.4. The maximum absolute atomic E-state index is 15.0. The number of carbonyl (C=O) groups excluding carboxylic acids is 11. The van der Waals surface area contributed by atoms with Gasteiger partial charge in [-0.2, -0.15) is 5.26 Å². The van der Waals surface area contributed by atoms with Crippen molar-refractivity contribution in [1.29, 1.82) is 5.26 Å². The van der Waals surface area contributed by atoms with Gasteiger partial charge in [0.1, 0.15) is 66.2 Å². The minimum absolute atomic E-state index is 0.0541. The fraction of sp³-hybridized carbons (Fsp3) is 0.529. The number of aromatic amines is 1. The number of pyridine rings is 1. The van der Waals surface area contributed by atoms with Crippen LogP contribution in [-0.4, -0.2) is 188 Å². The quantitative estimate of drug-likeness (QED) is 0.0155. The number of nitrogens with one attached hydrogen (secondary N) is 11.